The minimum Gasteiger partial charge on any atom is -0.496 e. The summed E-state index contributed by atoms with van der Waals surface area (Å²) < 4.78 is 7.19. The molecular formula is C32H32N6O2. The summed E-state index contributed by atoms with van der Waals surface area (Å²) in [6, 6.07) is 26.2. The summed E-state index contributed by atoms with van der Waals surface area (Å²) in [7, 11) is 1.71. The number of amides is 1. The molecule has 0 unspecified atom stereocenters. The zero-order chi connectivity index (χ0) is 27.3. The fourth-order valence-electron chi connectivity index (χ4n) is 5.19. The number of rotatable bonds is 8. The van der Waals surface area contributed by atoms with Crippen LogP contribution in [0, 0.1) is 0 Å². The summed E-state index contributed by atoms with van der Waals surface area (Å²) in [4.78, 5) is 20.3. The van der Waals surface area contributed by atoms with Crippen LogP contribution in [0.1, 0.15) is 21.6 Å². The van der Waals surface area contributed by atoms with E-state index in [0.29, 0.717) is 11.3 Å². The number of fused-ring (bicyclic) bond motifs is 1. The summed E-state index contributed by atoms with van der Waals surface area (Å²) in [6.45, 7) is 3.64. The van der Waals surface area contributed by atoms with E-state index in [2.05, 4.69) is 51.0 Å². The highest BCUT2D eigenvalue weighted by Crippen LogP contribution is 2.28. The first-order valence-corrected chi connectivity index (χ1v) is 13.6. The smallest absolute Gasteiger partial charge is 0.274 e. The Hall–Kier alpha value is -4.69. The number of anilines is 2. The first-order chi connectivity index (χ1) is 19.7. The molecule has 0 radical (unpaired) electrons. The van der Waals surface area contributed by atoms with E-state index in [9.17, 15) is 4.79 Å². The van der Waals surface area contributed by atoms with Gasteiger partial charge in [0.2, 0.25) is 0 Å². The van der Waals surface area contributed by atoms with E-state index >= 15 is 0 Å². The van der Waals surface area contributed by atoms with Crippen LogP contribution in [-0.4, -0.2) is 53.8 Å². The minimum atomic E-state index is -0.246. The Balaban J connectivity index is 1.19. The molecule has 0 saturated carbocycles. The SMILES string of the molecule is COc1ccccc1CCc1ccc(-c2cnn3ccc(C(=O)Nc4ccccc4N4CCNCC4)nc23)cc1. The van der Waals surface area contributed by atoms with Gasteiger partial charge < -0.3 is 20.3 Å². The van der Waals surface area contributed by atoms with E-state index in [-0.39, 0.29) is 5.91 Å². The molecule has 1 amide bonds. The summed E-state index contributed by atoms with van der Waals surface area (Å²) >= 11 is 0. The molecule has 1 aliphatic rings. The van der Waals surface area contributed by atoms with Gasteiger partial charge in [0.15, 0.2) is 5.65 Å². The normalized spacial score (nSPS) is 13.4. The Morgan fingerprint density at radius 1 is 0.950 bits per heavy atom. The number of carbonyl (C=O) groups is 1. The Morgan fingerprint density at radius 3 is 2.55 bits per heavy atom. The van der Waals surface area contributed by atoms with Gasteiger partial charge in [-0.25, -0.2) is 9.50 Å². The summed E-state index contributed by atoms with van der Waals surface area (Å²) in [5.41, 5.74) is 7.12. The number of methoxy groups -OCH3 is 1. The summed E-state index contributed by atoms with van der Waals surface area (Å²) in [5.74, 6) is 0.674. The Kier molecular flexibility index (Phi) is 7.41. The number of nitrogens with one attached hydrogen (secondary N) is 2. The highest BCUT2D eigenvalue weighted by Gasteiger charge is 2.18. The van der Waals surface area contributed by atoms with Crippen molar-refractivity contribution >= 4 is 22.9 Å². The highest BCUT2D eigenvalue weighted by atomic mass is 16.5. The third-order valence-electron chi connectivity index (χ3n) is 7.35. The fraction of sp³-hybridized carbons (Fsp3) is 0.219. The van der Waals surface area contributed by atoms with Crippen molar-refractivity contribution in [1.82, 2.24) is 19.9 Å². The zero-order valence-corrected chi connectivity index (χ0v) is 22.5. The second-order valence-corrected chi connectivity index (χ2v) is 9.86. The van der Waals surface area contributed by atoms with Crippen molar-refractivity contribution in [3.05, 3.63) is 108 Å². The number of para-hydroxylation sites is 3. The van der Waals surface area contributed by atoms with Crippen molar-refractivity contribution in [2.24, 2.45) is 0 Å². The molecule has 0 spiro atoms. The van der Waals surface area contributed by atoms with Gasteiger partial charge in [0.05, 0.1) is 24.7 Å². The lowest BCUT2D eigenvalue weighted by Crippen LogP contribution is -2.43. The first kappa shape index (κ1) is 25.6. The summed E-state index contributed by atoms with van der Waals surface area (Å²) in [5, 5.41) is 10.9. The average molecular weight is 533 g/mol. The molecule has 2 aromatic heterocycles. The Morgan fingerprint density at radius 2 is 1.73 bits per heavy atom. The summed E-state index contributed by atoms with van der Waals surface area (Å²) in [6.07, 6.45) is 5.39. The van der Waals surface area contributed by atoms with E-state index in [1.54, 1.807) is 30.1 Å². The van der Waals surface area contributed by atoms with E-state index in [0.717, 1.165) is 67.3 Å². The molecule has 5 aromatic rings. The van der Waals surface area contributed by atoms with Gasteiger partial charge in [-0.3, -0.25) is 4.79 Å². The molecule has 1 saturated heterocycles. The molecule has 0 aliphatic carbocycles. The van der Waals surface area contributed by atoms with E-state index in [4.69, 9.17) is 9.72 Å². The van der Waals surface area contributed by atoms with E-state index in [1.807, 2.05) is 42.5 Å². The Bertz CT molecular complexity index is 1620. The molecule has 6 rings (SSSR count). The molecule has 3 heterocycles. The lowest BCUT2D eigenvalue weighted by atomic mass is 10.0. The maximum Gasteiger partial charge on any atom is 0.274 e. The highest BCUT2D eigenvalue weighted by molar-refractivity contribution is 6.05. The van der Waals surface area contributed by atoms with Crippen LogP contribution in [0.2, 0.25) is 0 Å². The lowest BCUT2D eigenvalue weighted by molar-refractivity contribution is 0.102. The molecule has 2 N–H and O–H groups in total. The van der Waals surface area contributed by atoms with Gasteiger partial charge in [-0.05, 0) is 53.8 Å². The van der Waals surface area contributed by atoms with Gasteiger partial charge in [0, 0.05) is 37.9 Å². The average Bonchev–Trinajstić information content (AvgIpc) is 3.44. The molecule has 3 aromatic carbocycles. The Labute approximate surface area is 233 Å². The van der Waals surface area contributed by atoms with Crippen molar-refractivity contribution in [1.29, 1.82) is 0 Å². The predicted molar refractivity (Wildman–Crippen MR) is 158 cm³/mol. The maximum atomic E-state index is 13.3. The molecule has 0 bridgehead atoms. The van der Waals surface area contributed by atoms with Crippen molar-refractivity contribution in [3.63, 3.8) is 0 Å². The van der Waals surface area contributed by atoms with Gasteiger partial charge >= 0.3 is 0 Å². The number of carbonyl (C=O) groups excluding carboxylic acids is 1. The quantitative estimate of drug-likeness (QED) is 0.297. The van der Waals surface area contributed by atoms with Gasteiger partial charge in [-0.15, -0.1) is 0 Å². The van der Waals surface area contributed by atoms with Gasteiger partial charge in [0.1, 0.15) is 11.4 Å². The van der Waals surface area contributed by atoms with Crippen molar-refractivity contribution < 1.29 is 9.53 Å². The number of hydrogen-bond donors (Lipinski definition) is 2. The number of nitrogens with zero attached hydrogens (tertiary/aromatic N) is 4. The monoisotopic (exact) mass is 532 g/mol. The first-order valence-electron chi connectivity index (χ1n) is 13.6. The maximum absolute atomic E-state index is 13.3. The molecule has 1 aliphatic heterocycles. The lowest BCUT2D eigenvalue weighted by Gasteiger charge is -2.31. The molecular weight excluding hydrogens is 500 g/mol. The largest absolute Gasteiger partial charge is 0.496 e. The topological polar surface area (TPSA) is 83.8 Å². The number of hydrogen-bond acceptors (Lipinski definition) is 6. The van der Waals surface area contributed by atoms with Crippen LogP contribution < -0.4 is 20.3 Å². The van der Waals surface area contributed by atoms with Crippen LogP contribution in [0.4, 0.5) is 11.4 Å². The van der Waals surface area contributed by atoms with Crippen molar-refractivity contribution in [2.75, 3.05) is 43.5 Å². The molecule has 202 valence electrons. The third kappa shape index (κ3) is 5.39. The standard InChI is InChI=1S/C32H32N6O2/c1-40-30-9-5-2-6-25(30)15-12-23-10-13-24(14-11-23)26-22-34-38-19-16-28(35-31(26)38)32(39)36-27-7-3-4-8-29(27)37-20-17-33-18-21-37/h2-11,13-14,16,19,22,33H,12,15,17-18,20-21H2,1H3,(H,36,39). The minimum absolute atomic E-state index is 0.246. The fourth-order valence-corrected chi connectivity index (χ4v) is 5.19. The number of aryl methyl sites for hydroxylation is 2. The third-order valence-corrected chi connectivity index (χ3v) is 7.35. The van der Waals surface area contributed by atoms with Crippen molar-refractivity contribution in [3.8, 4) is 16.9 Å². The number of aromatic nitrogens is 3. The van der Waals surface area contributed by atoms with Crippen molar-refractivity contribution in [2.45, 2.75) is 12.8 Å². The predicted octanol–water partition coefficient (Wildman–Crippen LogP) is 4.85. The number of benzene rings is 3. The van der Waals surface area contributed by atoms with Gasteiger partial charge in [-0.2, -0.15) is 5.10 Å². The van der Waals surface area contributed by atoms with Crippen LogP contribution in [-0.2, 0) is 12.8 Å². The van der Waals surface area contributed by atoms with Crippen LogP contribution >= 0.6 is 0 Å². The second-order valence-electron chi connectivity index (χ2n) is 9.86. The molecule has 40 heavy (non-hydrogen) atoms. The molecule has 0 atom stereocenters. The number of ether oxygens (including phenoxy) is 1. The van der Waals surface area contributed by atoms with Gasteiger partial charge in [0.25, 0.3) is 5.91 Å². The van der Waals surface area contributed by atoms with E-state index < -0.39 is 0 Å². The second kappa shape index (κ2) is 11.6. The van der Waals surface area contributed by atoms with Crippen LogP contribution in [0.3, 0.4) is 0 Å². The molecule has 8 heteroatoms. The van der Waals surface area contributed by atoms with E-state index in [1.165, 1.54) is 11.1 Å². The van der Waals surface area contributed by atoms with Crippen LogP contribution in [0.25, 0.3) is 16.8 Å². The molecule has 1 fully saturated rings. The number of piperazine rings is 1. The van der Waals surface area contributed by atoms with Crippen LogP contribution in [0.5, 0.6) is 5.75 Å². The van der Waals surface area contributed by atoms with Gasteiger partial charge in [-0.1, -0.05) is 54.6 Å². The van der Waals surface area contributed by atoms with Crippen LogP contribution in [0.15, 0.2) is 91.3 Å². The molecule has 8 nitrogen and oxygen atoms in total. The zero-order valence-electron chi connectivity index (χ0n) is 22.5.